The van der Waals surface area contributed by atoms with Crippen molar-refractivity contribution in [1.82, 2.24) is 10.2 Å². The molecule has 1 aromatic rings. The van der Waals surface area contributed by atoms with Crippen LogP contribution in [0, 0.1) is 6.92 Å². The number of hydrogen-bond acceptors (Lipinski definition) is 6. The lowest BCUT2D eigenvalue weighted by Gasteiger charge is -2.02. The van der Waals surface area contributed by atoms with Crippen molar-refractivity contribution < 1.29 is 18.7 Å². The average molecular weight is 215 g/mol. The van der Waals surface area contributed by atoms with Crippen LogP contribution in [0.3, 0.4) is 0 Å². The quantitative estimate of drug-likeness (QED) is 0.671. The molecule has 1 heterocycles. The van der Waals surface area contributed by atoms with E-state index in [0.29, 0.717) is 19.1 Å². The molecule has 0 spiro atoms. The van der Waals surface area contributed by atoms with E-state index >= 15 is 0 Å². The lowest BCUT2D eigenvalue weighted by molar-refractivity contribution is -0.121. The van der Waals surface area contributed by atoms with Crippen LogP contribution in [0.5, 0.6) is 0 Å². The predicted molar refractivity (Wildman–Crippen MR) is 50.4 cm³/mol. The Balaban J connectivity index is 2.18. The van der Waals surface area contributed by atoms with Crippen LogP contribution in [-0.4, -0.2) is 43.0 Å². The van der Waals surface area contributed by atoms with Crippen molar-refractivity contribution in [1.29, 1.82) is 0 Å². The molecule has 0 unspecified atom stereocenters. The van der Waals surface area contributed by atoms with Crippen LogP contribution in [0.25, 0.3) is 0 Å². The molecule has 0 saturated carbocycles. The van der Waals surface area contributed by atoms with Crippen LogP contribution in [-0.2, 0) is 14.3 Å². The standard InChI is InChI=1S/C8H13N3O4/c1-6-10-11-8(15-6)9-7(12)5-14-4-3-13-2/h3-5H2,1-2H3,(H,9,11,12). The van der Waals surface area contributed by atoms with Crippen LogP contribution < -0.4 is 5.32 Å². The van der Waals surface area contributed by atoms with Crippen molar-refractivity contribution in [3.05, 3.63) is 5.89 Å². The highest BCUT2D eigenvalue weighted by atomic mass is 16.5. The summed E-state index contributed by atoms with van der Waals surface area (Å²) in [6.45, 7) is 2.39. The Morgan fingerprint density at radius 1 is 1.47 bits per heavy atom. The van der Waals surface area contributed by atoms with Gasteiger partial charge in [-0.15, -0.1) is 5.10 Å². The Hall–Kier alpha value is -1.47. The lowest BCUT2D eigenvalue weighted by atomic mass is 10.6. The summed E-state index contributed by atoms with van der Waals surface area (Å²) in [5.74, 6) is 0.0559. The maximum absolute atomic E-state index is 11.2. The summed E-state index contributed by atoms with van der Waals surface area (Å²) in [7, 11) is 1.56. The predicted octanol–water partition coefficient (Wildman–Crippen LogP) is -0.0205. The molecule has 0 atom stereocenters. The van der Waals surface area contributed by atoms with Crippen molar-refractivity contribution in [3.8, 4) is 0 Å². The van der Waals surface area contributed by atoms with E-state index in [4.69, 9.17) is 13.9 Å². The molecule has 1 rings (SSSR count). The smallest absolute Gasteiger partial charge is 0.322 e. The van der Waals surface area contributed by atoms with Gasteiger partial charge in [-0.2, -0.15) is 0 Å². The second kappa shape index (κ2) is 6.10. The van der Waals surface area contributed by atoms with E-state index in [2.05, 4.69) is 15.5 Å². The minimum Gasteiger partial charge on any atom is -0.408 e. The highest BCUT2D eigenvalue weighted by Crippen LogP contribution is 2.02. The third-order valence-corrected chi connectivity index (χ3v) is 1.44. The molecule has 0 fully saturated rings. The summed E-state index contributed by atoms with van der Waals surface area (Å²) < 4.78 is 14.7. The van der Waals surface area contributed by atoms with Gasteiger partial charge in [0.15, 0.2) is 0 Å². The Bertz CT molecular complexity index is 313. The third kappa shape index (κ3) is 4.52. The number of amides is 1. The Labute approximate surface area is 86.8 Å². The first-order chi connectivity index (χ1) is 7.22. The fraction of sp³-hybridized carbons (Fsp3) is 0.625. The lowest BCUT2D eigenvalue weighted by Crippen LogP contribution is -2.19. The van der Waals surface area contributed by atoms with Crippen LogP contribution in [0.1, 0.15) is 5.89 Å². The molecular formula is C8H13N3O4. The van der Waals surface area contributed by atoms with Gasteiger partial charge in [0.25, 0.3) is 5.91 Å². The van der Waals surface area contributed by atoms with Gasteiger partial charge >= 0.3 is 6.01 Å². The van der Waals surface area contributed by atoms with Crippen LogP contribution >= 0.6 is 0 Å². The number of nitrogens with one attached hydrogen (secondary N) is 1. The summed E-state index contributed by atoms with van der Waals surface area (Å²) in [4.78, 5) is 11.2. The fourth-order valence-electron chi connectivity index (χ4n) is 0.810. The van der Waals surface area contributed by atoms with Crippen molar-refractivity contribution in [3.63, 3.8) is 0 Å². The molecule has 0 aromatic carbocycles. The van der Waals surface area contributed by atoms with Gasteiger partial charge in [0, 0.05) is 14.0 Å². The Morgan fingerprint density at radius 2 is 2.27 bits per heavy atom. The van der Waals surface area contributed by atoms with Gasteiger partial charge in [0.05, 0.1) is 13.2 Å². The third-order valence-electron chi connectivity index (χ3n) is 1.44. The number of ether oxygens (including phenoxy) is 2. The summed E-state index contributed by atoms with van der Waals surface area (Å²) in [5, 5.41) is 9.55. The number of aryl methyl sites for hydroxylation is 1. The highest BCUT2D eigenvalue weighted by molar-refractivity contribution is 5.89. The Morgan fingerprint density at radius 3 is 2.87 bits per heavy atom. The van der Waals surface area contributed by atoms with Crippen LogP contribution in [0.2, 0.25) is 0 Å². The van der Waals surface area contributed by atoms with E-state index in [1.165, 1.54) is 0 Å². The zero-order valence-corrected chi connectivity index (χ0v) is 8.65. The number of hydrogen-bond donors (Lipinski definition) is 1. The molecule has 0 bridgehead atoms. The van der Waals surface area contributed by atoms with E-state index < -0.39 is 0 Å². The van der Waals surface area contributed by atoms with Crippen molar-refractivity contribution in [2.24, 2.45) is 0 Å². The van der Waals surface area contributed by atoms with E-state index in [1.54, 1.807) is 14.0 Å². The van der Waals surface area contributed by atoms with Crippen molar-refractivity contribution in [2.75, 3.05) is 32.2 Å². The maximum Gasteiger partial charge on any atom is 0.322 e. The minimum atomic E-state index is -0.338. The number of aromatic nitrogens is 2. The molecule has 0 aliphatic rings. The molecule has 0 saturated heterocycles. The molecule has 84 valence electrons. The normalized spacial score (nSPS) is 10.3. The van der Waals surface area contributed by atoms with Gasteiger partial charge in [-0.1, -0.05) is 5.10 Å². The molecule has 0 radical (unpaired) electrons. The molecule has 7 heteroatoms. The first-order valence-corrected chi connectivity index (χ1v) is 4.39. The number of carbonyl (C=O) groups excluding carboxylic acids is 1. The van der Waals surface area contributed by atoms with Gasteiger partial charge < -0.3 is 13.9 Å². The molecular weight excluding hydrogens is 202 g/mol. The first-order valence-electron chi connectivity index (χ1n) is 4.39. The zero-order chi connectivity index (χ0) is 11.1. The summed E-state index contributed by atoms with van der Waals surface area (Å²) >= 11 is 0. The van der Waals surface area contributed by atoms with E-state index in [9.17, 15) is 4.79 Å². The molecule has 15 heavy (non-hydrogen) atoms. The van der Waals surface area contributed by atoms with Gasteiger partial charge in [0.2, 0.25) is 5.89 Å². The minimum absolute atomic E-state index is 0.0647. The summed E-state index contributed by atoms with van der Waals surface area (Å²) in [6.07, 6.45) is 0. The molecule has 7 nitrogen and oxygen atoms in total. The van der Waals surface area contributed by atoms with Crippen LogP contribution in [0.15, 0.2) is 4.42 Å². The largest absolute Gasteiger partial charge is 0.408 e. The van der Waals surface area contributed by atoms with Gasteiger partial charge in [-0.05, 0) is 0 Å². The highest BCUT2D eigenvalue weighted by Gasteiger charge is 2.07. The zero-order valence-electron chi connectivity index (χ0n) is 8.65. The number of methoxy groups -OCH3 is 1. The second-order valence-corrected chi connectivity index (χ2v) is 2.72. The van der Waals surface area contributed by atoms with E-state index in [1.807, 2.05) is 0 Å². The molecule has 1 aromatic heterocycles. The van der Waals surface area contributed by atoms with Gasteiger partial charge in [-0.3, -0.25) is 10.1 Å². The van der Waals surface area contributed by atoms with E-state index in [-0.39, 0.29) is 18.5 Å². The topological polar surface area (TPSA) is 86.5 Å². The molecule has 0 aliphatic carbocycles. The Kier molecular flexibility index (Phi) is 4.72. The number of rotatable bonds is 6. The molecule has 0 aliphatic heterocycles. The summed E-state index contributed by atoms with van der Waals surface area (Å²) in [6, 6.07) is 0.0767. The van der Waals surface area contributed by atoms with Gasteiger partial charge in [-0.25, -0.2) is 0 Å². The monoisotopic (exact) mass is 215 g/mol. The summed E-state index contributed by atoms with van der Waals surface area (Å²) in [5.41, 5.74) is 0. The fourth-order valence-corrected chi connectivity index (χ4v) is 0.810. The van der Waals surface area contributed by atoms with E-state index in [0.717, 1.165) is 0 Å². The number of anilines is 1. The van der Waals surface area contributed by atoms with Crippen LogP contribution in [0.4, 0.5) is 6.01 Å². The molecule has 1 amide bonds. The average Bonchev–Trinajstić information content (AvgIpc) is 2.59. The first kappa shape index (κ1) is 11.6. The number of carbonyl (C=O) groups is 1. The maximum atomic E-state index is 11.2. The molecule has 1 N–H and O–H groups in total. The second-order valence-electron chi connectivity index (χ2n) is 2.72. The van der Waals surface area contributed by atoms with Crippen molar-refractivity contribution in [2.45, 2.75) is 6.92 Å². The van der Waals surface area contributed by atoms with Gasteiger partial charge in [0.1, 0.15) is 6.61 Å². The number of nitrogens with zero attached hydrogens (tertiary/aromatic N) is 2. The SMILES string of the molecule is COCCOCC(=O)Nc1nnc(C)o1. The van der Waals surface area contributed by atoms with Crippen molar-refractivity contribution >= 4 is 11.9 Å².